The molecule has 3 aromatic rings. The maximum atomic E-state index is 13.2. The first kappa shape index (κ1) is 15.4. The summed E-state index contributed by atoms with van der Waals surface area (Å²) in [6.07, 6.45) is 1.38. The molecule has 0 N–H and O–H groups in total. The van der Waals surface area contributed by atoms with Gasteiger partial charge in [-0.3, -0.25) is 9.36 Å². The summed E-state index contributed by atoms with van der Waals surface area (Å²) in [5.74, 6) is 0.614. The van der Waals surface area contributed by atoms with E-state index in [0.717, 1.165) is 11.3 Å². The summed E-state index contributed by atoms with van der Waals surface area (Å²) in [5, 5.41) is 0. The third-order valence-electron chi connectivity index (χ3n) is 4.13. The Kier molecular flexibility index (Phi) is 3.72. The first-order valence-electron chi connectivity index (χ1n) is 7.84. The lowest BCUT2D eigenvalue weighted by Gasteiger charge is -2.26. The van der Waals surface area contributed by atoms with E-state index in [2.05, 4.69) is 4.98 Å². The van der Waals surface area contributed by atoms with Gasteiger partial charge in [0.1, 0.15) is 11.6 Å². The molecule has 1 aromatic heterocycles. The van der Waals surface area contributed by atoms with Crippen LogP contribution < -0.4 is 4.74 Å². The van der Waals surface area contributed by atoms with E-state index in [1.807, 2.05) is 35.0 Å². The maximum absolute atomic E-state index is 13.2. The molecule has 6 heteroatoms. The molecule has 1 unspecified atom stereocenters. The van der Waals surface area contributed by atoms with Gasteiger partial charge in [-0.2, -0.15) is 0 Å². The SMILES string of the molecule is COC(=O)CC1Oc2ccccc2-n2cc(-c3ccc(F)cc3)nc21. The van der Waals surface area contributed by atoms with Crippen LogP contribution in [0.4, 0.5) is 4.39 Å². The van der Waals surface area contributed by atoms with Gasteiger partial charge in [0, 0.05) is 11.8 Å². The molecule has 1 aliphatic heterocycles. The van der Waals surface area contributed by atoms with Gasteiger partial charge in [-0.15, -0.1) is 0 Å². The van der Waals surface area contributed by atoms with E-state index >= 15 is 0 Å². The minimum Gasteiger partial charge on any atom is -0.480 e. The summed E-state index contributed by atoms with van der Waals surface area (Å²) in [4.78, 5) is 16.4. The van der Waals surface area contributed by atoms with Crippen LogP contribution in [0, 0.1) is 5.82 Å². The smallest absolute Gasteiger partial charge is 0.309 e. The van der Waals surface area contributed by atoms with Crippen LogP contribution >= 0.6 is 0 Å². The molecule has 0 amide bonds. The third-order valence-corrected chi connectivity index (χ3v) is 4.13. The van der Waals surface area contributed by atoms with E-state index in [-0.39, 0.29) is 18.2 Å². The molecule has 0 spiro atoms. The number of carbonyl (C=O) groups is 1. The highest BCUT2D eigenvalue weighted by Gasteiger charge is 2.30. The topological polar surface area (TPSA) is 53.4 Å². The number of nitrogens with zero attached hydrogens (tertiary/aromatic N) is 2. The van der Waals surface area contributed by atoms with E-state index in [1.165, 1.54) is 19.2 Å². The van der Waals surface area contributed by atoms with Crippen molar-refractivity contribution >= 4 is 5.97 Å². The van der Waals surface area contributed by atoms with Gasteiger partial charge < -0.3 is 9.47 Å². The summed E-state index contributed by atoms with van der Waals surface area (Å²) >= 11 is 0. The summed E-state index contributed by atoms with van der Waals surface area (Å²) in [6.45, 7) is 0. The Morgan fingerprint density at radius 1 is 1.24 bits per heavy atom. The Labute approximate surface area is 143 Å². The van der Waals surface area contributed by atoms with Gasteiger partial charge in [0.25, 0.3) is 0 Å². The molecule has 2 aromatic carbocycles. The van der Waals surface area contributed by atoms with Crippen molar-refractivity contribution in [2.24, 2.45) is 0 Å². The Bertz CT molecular complexity index is 934. The lowest BCUT2D eigenvalue weighted by molar-refractivity contribution is -0.142. The number of carbonyl (C=O) groups excluding carboxylic acids is 1. The van der Waals surface area contributed by atoms with Crippen LogP contribution in [-0.4, -0.2) is 22.6 Å². The van der Waals surface area contributed by atoms with Crippen LogP contribution in [0.3, 0.4) is 0 Å². The first-order valence-corrected chi connectivity index (χ1v) is 7.84. The van der Waals surface area contributed by atoms with Crippen LogP contribution in [0.25, 0.3) is 16.9 Å². The zero-order valence-corrected chi connectivity index (χ0v) is 13.5. The van der Waals surface area contributed by atoms with Gasteiger partial charge in [-0.05, 0) is 36.4 Å². The number of imidazole rings is 1. The maximum Gasteiger partial charge on any atom is 0.309 e. The quantitative estimate of drug-likeness (QED) is 0.684. The molecule has 0 saturated heterocycles. The summed E-state index contributed by atoms with van der Waals surface area (Å²) < 4.78 is 25.8. The number of ether oxygens (including phenoxy) is 2. The normalized spacial score (nSPS) is 15.0. The van der Waals surface area contributed by atoms with Gasteiger partial charge in [0.2, 0.25) is 0 Å². The molecule has 2 heterocycles. The van der Waals surface area contributed by atoms with Gasteiger partial charge >= 0.3 is 5.97 Å². The molecular formula is C19H15FN2O3. The predicted octanol–water partition coefficient (Wildman–Crippen LogP) is 3.68. The molecule has 4 rings (SSSR count). The number of aromatic nitrogens is 2. The van der Waals surface area contributed by atoms with Crippen LogP contribution in [-0.2, 0) is 9.53 Å². The highest BCUT2D eigenvalue weighted by Crippen LogP contribution is 2.38. The lowest BCUT2D eigenvalue weighted by Crippen LogP contribution is -2.22. The van der Waals surface area contributed by atoms with Gasteiger partial charge in [0.15, 0.2) is 11.9 Å². The zero-order chi connectivity index (χ0) is 17.4. The Morgan fingerprint density at radius 2 is 2.00 bits per heavy atom. The van der Waals surface area contributed by atoms with Crippen molar-refractivity contribution in [3.63, 3.8) is 0 Å². The molecule has 126 valence electrons. The van der Waals surface area contributed by atoms with Crippen LogP contribution in [0.2, 0.25) is 0 Å². The first-order chi connectivity index (χ1) is 12.2. The number of hydrogen-bond acceptors (Lipinski definition) is 4. The van der Waals surface area contributed by atoms with E-state index in [0.29, 0.717) is 17.3 Å². The highest BCUT2D eigenvalue weighted by atomic mass is 19.1. The van der Waals surface area contributed by atoms with Crippen LogP contribution in [0.1, 0.15) is 18.3 Å². The number of rotatable bonds is 3. The van der Waals surface area contributed by atoms with Crippen molar-refractivity contribution < 1.29 is 18.7 Å². The lowest BCUT2D eigenvalue weighted by atomic mass is 10.2. The fourth-order valence-corrected chi connectivity index (χ4v) is 2.90. The number of methoxy groups -OCH3 is 1. The van der Waals surface area contributed by atoms with E-state index in [1.54, 1.807) is 12.1 Å². The predicted molar refractivity (Wildman–Crippen MR) is 89.0 cm³/mol. The summed E-state index contributed by atoms with van der Waals surface area (Å²) in [7, 11) is 1.34. The average Bonchev–Trinajstić information content (AvgIpc) is 3.08. The van der Waals surface area contributed by atoms with Crippen molar-refractivity contribution in [3.05, 3.63) is 66.4 Å². The molecule has 5 nitrogen and oxygen atoms in total. The fraction of sp³-hybridized carbons (Fsp3) is 0.158. The van der Waals surface area contributed by atoms with Crippen LogP contribution in [0.5, 0.6) is 5.75 Å². The largest absolute Gasteiger partial charge is 0.480 e. The number of esters is 1. The average molecular weight is 338 g/mol. The van der Waals surface area contributed by atoms with E-state index in [4.69, 9.17) is 9.47 Å². The van der Waals surface area contributed by atoms with Crippen molar-refractivity contribution in [2.75, 3.05) is 7.11 Å². The molecule has 0 saturated carbocycles. The third kappa shape index (κ3) is 2.76. The fourth-order valence-electron chi connectivity index (χ4n) is 2.90. The molecule has 25 heavy (non-hydrogen) atoms. The second-order valence-corrected chi connectivity index (χ2v) is 5.72. The molecule has 1 atom stereocenters. The van der Waals surface area contributed by atoms with Gasteiger partial charge in [-0.25, -0.2) is 9.37 Å². The van der Waals surface area contributed by atoms with Gasteiger partial charge in [0.05, 0.1) is 24.9 Å². The van der Waals surface area contributed by atoms with Crippen molar-refractivity contribution in [1.29, 1.82) is 0 Å². The number of para-hydroxylation sites is 2. The summed E-state index contributed by atoms with van der Waals surface area (Å²) in [6, 6.07) is 13.7. The zero-order valence-electron chi connectivity index (χ0n) is 13.5. The molecule has 1 aliphatic rings. The molecule has 0 aliphatic carbocycles. The minimum atomic E-state index is -0.545. The molecule has 0 fully saturated rings. The second-order valence-electron chi connectivity index (χ2n) is 5.72. The monoisotopic (exact) mass is 338 g/mol. The van der Waals surface area contributed by atoms with E-state index < -0.39 is 6.10 Å². The second kappa shape index (κ2) is 6.05. The Balaban J connectivity index is 1.81. The Morgan fingerprint density at radius 3 is 2.76 bits per heavy atom. The summed E-state index contributed by atoms with van der Waals surface area (Å²) in [5.41, 5.74) is 2.32. The number of fused-ring (bicyclic) bond motifs is 3. The van der Waals surface area contributed by atoms with Crippen LogP contribution in [0.15, 0.2) is 54.7 Å². The van der Waals surface area contributed by atoms with Crippen molar-refractivity contribution in [3.8, 4) is 22.7 Å². The van der Waals surface area contributed by atoms with Gasteiger partial charge in [-0.1, -0.05) is 12.1 Å². The minimum absolute atomic E-state index is 0.0602. The number of hydrogen-bond donors (Lipinski definition) is 0. The number of benzene rings is 2. The Hall–Kier alpha value is -3.15. The number of halogens is 1. The van der Waals surface area contributed by atoms with Crippen molar-refractivity contribution in [2.45, 2.75) is 12.5 Å². The van der Waals surface area contributed by atoms with Crippen molar-refractivity contribution in [1.82, 2.24) is 9.55 Å². The molecule has 0 radical (unpaired) electrons. The van der Waals surface area contributed by atoms with E-state index in [9.17, 15) is 9.18 Å². The molecular weight excluding hydrogens is 323 g/mol. The standard InChI is InChI=1S/C19H15FN2O3/c1-24-18(23)10-17-19-21-14(12-6-8-13(20)9-7-12)11-22(19)15-4-2-3-5-16(15)25-17/h2-9,11,17H,10H2,1H3. The highest BCUT2D eigenvalue weighted by molar-refractivity contribution is 5.70. The molecule has 0 bridgehead atoms.